The van der Waals surface area contributed by atoms with Crippen LogP contribution in [0.2, 0.25) is 0 Å². The van der Waals surface area contributed by atoms with E-state index in [0.29, 0.717) is 0 Å². The van der Waals surface area contributed by atoms with Gasteiger partial charge in [-0.15, -0.1) is 0 Å². The largest absolute Gasteiger partial charge is 0.494 e. The Morgan fingerprint density at radius 1 is 1.24 bits per heavy atom. The SMILES string of the molecule is CCCOc1ccc(C=C(C)CNCC)cc1. The van der Waals surface area contributed by atoms with Crippen LogP contribution >= 0.6 is 0 Å². The molecule has 0 aromatic heterocycles. The number of ether oxygens (including phenoxy) is 1. The van der Waals surface area contributed by atoms with Crippen molar-refractivity contribution in [2.24, 2.45) is 0 Å². The molecule has 2 nitrogen and oxygen atoms in total. The van der Waals surface area contributed by atoms with Crippen molar-refractivity contribution in [1.29, 1.82) is 0 Å². The zero-order chi connectivity index (χ0) is 12.5. The summed E-state index contributed by atoms with van der Waals surface area (Å²) >= 11 is 0. The maximum atomic E-state index is 5.55. The molecule has 0 saturated carbocycles. The normalized spacial score (nSPS) is 11.6. The average Bonchev–Trinajstić information content (AvgIpc) is 2.35. The first-order valence-electron chi connectivity index (χ1n) is 6.37. The number of hydrogen-bond acceptors (Lipinski definition) is 2. The summed E-state index contributed by atoms with van der Waals surface area (Å²) in [7, 11) is 0. The highest BCUT2D eigenvalue weighted by molar-refractivity contribution is 5.53. The lowest BCUT2D eigenvalue weighted by Gasteiger charge is -2.05. The molecule has 0 unspecified atom stereocenters. The maximum absolute atomic E-state index is 5.55. The molecule has 1 aromatic rings. The predicted octanol–water partition coefficient (Wildman–Crippen LogP) is 3.49. The minimum absolute atomic E-state index is 0.786. The van der Waals surface area contributed by atoms with Crippen molar-refractivity contribution < 1.29 is 4.74 Å². The van der Waals surface area contributed by atoms with Crippen molar-refractivity contribution in [3.8, 4) is 5.75 Å². The second-order valence-electron chi connectivity index (χ2n) is 4.19. The minimum Gasteiger partial charge on any atom is -0.494 e. The van der Waals surface area contributed by atoms with E-state index in [1.54, 1.807) is 0 Å². The smallest absolute Gasteiger partial charge is 0.119 e. The first kappa shape index (κ1) is 13.8. The Kier molecular flexibility index (Phi) is 6.41. The monoisotopic (exact) mass is 233 g/mol. The molecule has 2 heteroatoms. The molecular formula is C15H23NO. The van der Waals surface area contributed by atoms with Gasteiger partial charge in [0.2, 0.25) is 0 Å². The van der Waals surface area contributed by atoms with Gasteiger partial charge in [-0.25, -0.2) is 0 Å². The summed E-state index contributed by atoms with van der Waals surface area (Å²) in [4.78, 5) is 0. The quantitative estimate of drug-likeness (QED) is 0.778. The fourth-order valence-corrected chi connectivity index (χ4v) is 1.54. The van der Waals surface area contributed by atoms with Gasteiger partial charge in [0.05, 0.1) is 6.61 Å². The third kappa shape index (κ3) is 5.55. The highest BCUT2D eigenvalue weighted by Gasteiger charge is 1.94. The Bertz CT molecular complexity index is 340. The van der Waals surface area contributed by atoms with Crippen molar-refractivity contribution >= 4 is 6.08 Å². The second-order valence-corrected chi connectivity index (χ2v) is 4.19. The third-order valence-electron chi connectivity index (χ3n) is 2.42. The lowest BCUT2D eigenvalue weighted by atomic mass is 10.1. The fraction of sp³-hybridized carbons (Fsp3) is 0.467. The van der Waals surface area contributed by atoms with E-state index in [1.165, 1.54) is 11.1 Å². The molecule has 0 aliphatic heterocycles. The molecule has 0 aliphatic rings. The number of nitrogens with one attached hydrogen (secondary N) is 1. The molecule has 0 fully saturated rings. The molecular weight excluding hydrogens is 210 g/mol. The lowest BCUT2D eigenvalue weighted by molar-refractivity contribution is 0.317. The van der Waals surface area contributed by atoms with Crippen LogP contribution in [0.5, 0.6) is 5.75 Å². The van der Waals surface area contributed by atoms with Crippen LogP contribution in [0, 0.1) is 0 Å². The number of likely N-dealkylation sites (N-methyl/N-ethyl adjacent to an activating group) is 1. The molecule has 0 bridgehead atoms. The molecule has 1 aromatic carbocycles. The summed E-state index contributed by atoms with van der Waals surface area (Å²) in [6.45, 7) is 9.12. The van der Waals surface area contributed by atoms with E-state index >= 15 is 0 Å². The van der Waals surface area contributed by atoms with Crippen LogP contribution in [-0.4, -0.2) is 19.7 Å². The molecule has 0 saturated heterocycles. The van der Waals surface area contributed by atoms with Gasteiger partial charge in [-0.2, -0.15) is 0 Å². The number of rotatable bonds is 7. The summed E-state index contributed by atoms with van der Waals surface area (Å²) in [5.74, 6) is 0.952. The Balaban J connectivity index is 2.55. The van der Waals surface area contributed by atoms with E-state index in [-0.39, 0.29) is 0 Å². The van der Waals surface area contributed by atoms with Crippen LogP contribution in [0.1, 0.15) is 32.8 Å². The molecule has 0 radical (unpaired) electrons. The predicted molar refractivity (Wildman–Crippen MR) is 74.4 cm³/mol. The Hall–Kier alpha value is -1.28. The topological polar surface area (TPSA) is 21.3 Å². The molecule has 0 spiro atoms. The van der Waals surface area contributed by atoms with E-state index in [9.17, 15) is 0 Å². The summed E-state index contributed by atoms with van der Waals surface area (Å²) in [5, 5.41) is 3.31. The van der Waals surface area contributed by atoms with Crippen molar-refractivity contribution in [3.05, 3.63) is 35.4 Å². The fourth-order valence-electron chi connectivity index (χ4n) is 1.54. The molecule has 0 atom stereocenters. The summed E-state index contributed by atoms with van der Waals surface area (Å²) in [6.07, 6.45) is 3.25. The van der Waals surface area contributed by atoms with E-state index in [2.05, 4.69) is 44.3 Å². The zero-order valence-corrected chi connectivity index (χ0v) is 11.1. The minimum atomic E-state index is 0.786. The molecule has 1 rings (SSSR count). The Labute approximate surface area is 105 Å². The van der Waals surface area contributed by atoms with Gasteiger partial charge in [-0.3, -0.25) is 0 Å². The van der Waals surface area contributed by atoms with Crippen LogP contribution in [0.25, 0.3) is 6.08 Å². The highest BCUT2D eigenvalue weighted by atomic mass is 16.5. The number of hydrogen-bond donors (Lipinski definition) is 1. The standard InChI is InChI=1S/C15H23NO/c1-4-10-17-15-8-6-14(7-9-15)11-13(3)12-16-5-2/h6-9,11,16H,4-5,10,12H2,1-3H3. The van der Waals surface area contributed by atoms with Crippen LogP contribution < -0.4 is 10.1 Å². The molecule has 94 valence electrons. The van der Waals surface area contributed by atoms with Crippen LogP contribution in [0.3, 0.4) is 0 Å². The van der Waals surface area contributed by atoms with Gasteiger partial charge in [-0.1, -0.05) is 37.6 Å². The van der Waals surface area contributed by atoms with Gasteiger partial charge in [0, 0.05) is 6.54 Å². The molecule has 0 heterocycles. The van der Waals surface area contributed by atoms with Gasteiger partial charge in [0.15, 0.2) is 0 Å². The molecule has 17 heavy (non-hydrogen) atoms. The van der Waals surface area contributed by atoms with E-state index in [1.807, 2.05) is 12.1 Å². The highest BCUT2D eigenvalue weighted by Crippen LogP contribution is 2.14. The molecule has 0 amide bonds. The van der Waals surface area contributed by atoms with Crippen LogP contribution in [-0.2, 0) is 0 Å². The van der Waals surface area contributed by atoms with Crippen LogP contribution in [0.4, 0.5) is 0 Å². The van der Waals surface area contributed by atoms with Gasteiger partial charge >= 0.3 is 0 Å². The van der Waals surface area contributed by atoms with E-state index in [4.69, 9.17) is 4.74 Å². The Morgan fingerprint density at radius 3 is 2.53 bits per heavy atom. The lowest BCUT2D eigenvalue weighted by Crippen LogP contribution is -2.14. The van der Waals surface area contributed by atoms with Gasteiger partial charge in [-0.05, 0) is 37.6 Å². The van der Waals surface area contributed by atoms with E-state index in [0.717, 1.165) is 31.9 Å². The summed E-state index contributed by atoms with van der Waals surface area (Å²) in [6, 6.07) is 8.25. The van der Waals surface area contributed by atoms with Gasteiger partial charge < -0.3 is 10.1 Å². The third-order valence-corrected chi connectivity index (χ3v) is 2.42. The summed E-state index contributed by atoms with van der Waals surface area (Å²) in [5.41, 5.74) is 2.57. The molecule has 1 N–H and O–H groups in total. The van der Waals surface area contributed by atoms with Gasteiger partial charge in [0.25, 0.3) is 0 Å². The van der Waals surface area contributed by atoms with Crippen molar-refractivity contribution in [2.45, 2.75) is 27.2 Å². The first-order chi connectivity index (χ1) is 8.26. The first-order valence-corrected chi connectivity index (χ1v) is 6.37. The van der Waals surface area contributed by atoms with Gasteiger partial charge in [0.1, 0.15) is 5.75 Å². The number of benzene rings is 1. The zero-order valence-electron chi connectivity index (χ0n) is 11.1. The molecule has 0 aliphatic carbocycles. The van der Waals surface area contributed by atoms with Crippen molar-refractivity contribution in [2.75, 3.05) is 19.7 Å². The van der Waals surface area contributed by atoms with Crippen molar-refractivity contribution in [3.63, 3.8) is 0 Å². The van der Waals surface area contributed by atoms with Crippen molar-refractivity contribution in [1.82, 2.24) is 5.32 Å². The maximum Gasteiger partial charge on any atom is 0.119 e. The Morgan fingerprint density at radius 2 is 1.94 bits per heavy atom. The van der Waals surface area contributed by atoms with E-state index < -0.39 is 0 Å². The summed E-state index contributed by atoms with van der Waals surface area (Å²) < 4.78 is 5.55. The average molecular weight is 233 g/mol. The van der Waals surface area contributed by atoms with Crippen LogP contribution in [0.15, 0.2) is 29.8 Å². The second kappa shape index (κ2) is 7.91.